The number of anilines is 1. The van der Waals surface area contributed by atoms with E-state index in [1.165, 1.54) is 12.1 Å². The third kappa shape index (κ3) is 4.21. The van der Waals surface area contributed by atoms with Crippen LogP contribution < -0.4 is 5.32 Å². The summed E-state index contributed by atoms with van der Waals surface area (Å²) in [6, 6.07) is 5.21. The quantitative estimate of drug-likeness (QED) is 0.417. The van der Waals surface area contributed by atoms with Crippen molar-refractivity contribution in [2.45, 2.75) is 12.4 Å². The van der Waals surface area contributed by atoms with Gasteiger partial charge in [0.05, 0.1) is 23.6 Å². The summed E-state index contributed by atoms with van der Waals surface area (Å²) in [4.78, 5) is 19.4. The Morgan fingerprint density at radius 2 is 1.70 bits per heavy atom. The lowest BCUT2D eigenvalue weighted by Crippen LogP contribution is -2.21. The summed E-state index contributed by atoms with van der Waals surface area (Å²) in [6.45, 7) is 0. The largest absolute Gasteiger partial charge is 0.434 e. The summed E-state index contributed by atoms with van der Waals surface area (Å²) >= 11 is 0. The number of hydrogen-bond donors (Lipinski definition) is 1. The molecule has 0 saturated heterocycles. The summed E-state index contributed by atoms with van der Waals surface area (Å²) in [5.41, 5.74) is -4.47. The fourth-order valence-corrected chi connectivity index (χ4v) is 3.14. The van der Waals surface area contributed by atoms with Crippen molar-refractivity contribution < 1.29 is 35.5 Å². The van der Waals surface area contributed by atoms with Crippen molar-refractivity contribution in [1.29, 1.82) is 0 Å². The molecule has 170 valence electrons. The fraction of sp³-hybridized carbons (Fsp3) is 0.100. The number of nitrogens with one attached hydrogen (secondary N) is 1. The molecule has 6 nitrogen and oxygen atoms in total. The number of rotatable bonds is 3. The maximum absolute atomic E-state index is 14.1. The van der Waals surface area contributed by atoms with Crippen molar-refractivity contribution in [1.82, 2.24) is 19.7 Å². The van der Waals surface area contributed by atoms with Gasteiger partial charge in [0.25, 0.3) is 5.91 Å². The first-order valence-corrected chi connectivity index (χ1v) is 8.99. The zero-order valence-electron chi connectivity index (χ0n) is 16.0. The third-order valence-electron chi connectivity index (χ3n) is 4.55. The van der Waals surface area contributed by atoms with Crippen LogP contribution in [0.5, 0.6) is 0 Å². The van der Waals surface area contributed by atoms with Crippen molar-refractivity contribution in [3.05, 3.63) is 77.9 Å². The molecule has 1 N–H and O–H groups in total. The predicted molar refractivity (Wildman–Crippen MR) is 101 cm³/mol. The molecule has 1 amide bonds. The van der Waals surface area contributed by atoms with Gasteiger partial charge in [-0.25, -0.2) is 9.07 Å². The minimum absolute atomic E-state index is 0.0505. The van der Waals surface area contributed by atoms with E-state index in [0.717, 1.165) is 30.7 Å². The first-order chi connectivity index (χ1) is 15.5. The van der Waals surface area contributed by atoms with Gasteiger partial charge in [-0.2, -0.15) is 31.4 Å². The zero-order valence-corrected chi connectivity index (χ0v) is 16.0. The van der Waals surface area contributed by atoms with E-state index in [1.54, 1.807) is 0 Å². The third-order valence-corrected chi connectivity index (χ3v) is 4.55. The van der Waals surface area contributed by atoms with Gasteiger partial charge in [-0.3, -0.25) is 14.8 Å². The predicted octanol–water partition coefficient (Wildman–Crippen LogP) is 5.24. The minimum atomic E-state index is -5.10. The molecule has 1 aromatic carbocycles. The number of benzene rings is 1. The van der Waals surface area contributed by atoms with E-state index >= 15 is 0 Å². The molecule has 0 bridgehead atoms. The average molecular weight is 469 g/mol. The van der Waals surface area contributed by atoms with Crippen molar-refractivity contribution in [3.8, 4) is 5.69 Å². The Bertz CT molecular complexity index is 1360. The summed E-state index contributed by atoms with van der Waals surface area (Å²) in [7, 11) is 0. The Morgan fingerprint density at radius 3 is 2.39 bits per heavy atom. The second-order valence-corrected chi connectivity index (χ2v) is 6.69. The Morgan fingerprint density at radius 1 is 0.939 bits per heavy atom. The van der Waals surface area contributed by atoms with Crippen LogP contribution in [0, 0.1) is 5.82 Å². The van der Waals surface area contributed by atoms with Gasteiger partial charge in [0.15, 0.2) is 5.69 Å². The topological polar surface area (TPSA) is 72.7 Å². The molecule has 0 aliphatic heterocycles. The lowest BCUT2D eigenvalue weighted by Gasteiger charge is -2.14. The molecular weight excluding hydrogens is 459 g/mol. The highest BCUT2D eigenvalue weighted by molar-refractivity contribution is 6.05. The van der Waals surface area contributed by atoms with Crippen LogP contribution in [0.15, 0.2) is 55.1 Å². The average Bonchev–Trinajstić information content (AvgIpc) is 3.19. The number of nitrogens with zero attached hydrogens (tertiary/aromatic N) is 4. The van der Waals surface area contributed by atoms with Crippen molar-refractivity contribution in [3.63, 3.8) is 0 Å². The molecule has 0 spiro atoms. The number of fused-ring (bicyclic) bond motifs is 1. The molecule has 0 aliphatic rings. The number of hydrogen-bond acceptors (Lipinski definition) is 4. The molecule has 0 saturated carbocycles. The van der Waals surface area contributed by atoms with Crippen LogP contribution >= 0.6 is 0 Å². The lowest BCUT2D eigenvalue weighted by atomic mass is 10.1. The van der Waals surface area contributed by atoms with Crippen molar-refractivity contribution >= 4 is 22.4 Å². The molecule has 0 radical (unpaired) electrons. The van der Waals surface area contributed by atoms with Gasteiger partial charge in [-0.15, -0.1) is 0 Å². The smallest absolute Gasteiger partial charge is 0.322 e. The van der Waals surface area contributed by atoms with Crippen LogP contribution in [0.2, 0.25) is 0 Å². The normalized spacial score (nSPS) is 12.2. The molecule has 3 heterocycles. The zero-order chi connectivity index (χ0) is 24.0. The maximum Gasteiger partial charge on any atom is 0.434 e. The summed E-state index contributed by atoms with van der Waals surface area (Å²) < 4.78 is 94.7. The van der Waals surface area contributed by atoms with E-state index in [2.05, 4.69) is 15.1 Å². The van der Waals surface area contributed by atoms with E-state index < -0.39 is 46.7 Å². The van der Waals surface area contributed by atoms with E-state index in [0.29, 0.717) is 16.9 Å². The molecule has 4 rings (SSSR count). The SMILES string of the molecule is O=C(Nc1ccnc(C(F)(F)F)c1)c1cnn(-c2cncc3c(F)cccc23)c1C(F)(F)F. The number of carbonyl (C=O) groups is 1. The van der Waals surface area contributed by atoms with Crippen LogP contribution in [-0.4, -0.2) is 25.7 Å². The molecule has 4 aromatic rings. The summed E-state index contributed by atoms with van der Waals surface area (Å²) in [6.07, 6.45) is -6.41. The molecule has 13 heteroatoms. The number of pyridine rings is 2. The second kappa shape index (κ2) is 7.83. The summed E-state index contributed by atoms with van der Waals surface area (Å²) in [5, 5.41) is 5.60. The Balaban J connectivity index is 1.80. The Hall–Kier alpha value is -4.03. The van der Waals surface area contributed by atoms with E-state index in [-0.39, 0.29) is 16.5 Å². The Kier molecular flexibility index (Phi) is 5.26. The monoisotopic (exact) mass is 469 g/mol. The van der Waals surface area contributed by atoms with E-state index in [9.17, 15) is 35.5 Å². The molecule has 0 unspecified atom stereocenters. The van der Waals surface area contributed by atoms with Gasteiger partial charge in [-0.05, 0) is 18.2 Å². The van der Waals surface area contributed by atoms with Gasteiger partial charge in [0.2, 0.25) is 0 Å². The number of carbonyl (C=O) groups excluding carboxylic acids is 1. The van der Waals surface area contributed by atoms with Gasteiger partial charge >= 0.3 is 12.4 Å². The van der Waals surface area contributed by atoms with E-state index in [4.69, 9.17) is 0 Å². The van der Waals surface area contributed by atoms with Gasteiger partial charge in [-0.1, -0.05) is 12.1 Å². The minimum Gasteiger partial charge on any atom is -0.322 e. The van der Waals surface area contributed by atoms with Gasteiger partial charge < -0.3 is 5.32 Å². The second-order valence-electron chi connectivity index (χ2n) is 6.69. The lowest BCUT2D eigenvalue weighted by molar-refractivity contribution is -0.143. The molecular formula is C20H10F7N5O. The first-order valence-electron chi connectivity index (χ1n) is 8.99. The van der Waals surface area contributed by atoms with Crippen LogP contribution in [0.25, 0.3) is 16.5 Å². The number of aromatic nitrogens is 4. The standard InChI is InChI=1S/C20H10F7N5O/c21-14-3-1-2-11-12(14)7-28-9-15(11)32-17(20(25,26)27)13(8-30-32)18(33)31-10-4-5-29-16(6-10)19(22,23)24/h1-9H,(H,29,31,33). The first kappa shape index (κ1) is 22.2. The molecule has 0 atom stereocenters. The Labute approximate surface area is 179 Å². The van der Waals surface area contributed by atoms with Crippen LogP contribution in [0.4, 0.5) is 36.4 Å². The fourth-order valence-electron chi connectivity index (χ4n) is 3.14. The van der Waals surface area contributed by atoms with E-state index in [1.807, 2.05) is 5.32 Å². The maximum atomic E-state index is 14.1. The van der Waals surface area contributed by atoms with Crippen LogP contribution in [-0.2, 0) is 12.4 Å². The number of halogens is 7. The molecule has 3 aromatic heterocycles. The van der Waals surface area contributed by atoms with Crippen molar-refractivity contribution in [2.24, 2.45) is 0 Å². The van der Waals surface area contributed by atoms with Crippen LogP contribution in [0.3, 0.4) is 0 Å². The highest BCUT2D eigenvalue weighted by Crippen LogP contribution is 2.36. The highest BCUT2D eigenvalue weighted by Gasteiger charge is 2.41. The van der Waals surface area contributed by atoms with Crippen LogP contribution in [0.1, 0.15) is 21.7 Å². The highest BCUT2D eigenvalue weighted by atomic mass is 19.4. The van der Waals surface area contributed by atoms with Gasteiger partial charge in [0.1, 0.15) is 11.5 Å². The molecule has 0 aliphatic carbocycles. The number of alkyl halides is 6. The van der Waals surface area contributed by atoms with Crippen molar-refractivity contribution in [2.75, 3.05) is 5.32 Å². The molecule has 33 heavy (non-hydrogen) atoms. The molecule has 0 fully saturated rings. The number of amides is 1. The van der Waals surface area contributed by atoms with Gasteiger partial charge in [0, 0.05) is 28.9 Å². The summed E-state index contributed by atoms with van der Waals surface area (Å²) in [5.74, 6) is -2.08.